The third kappa shape index (κ3) is 3.10. The van der Waals surface area contributed by atoms with Crippen LogP contribution in [0.4, 0.5) is 5.69 Å². The van der Waals surface area contributed by atoms with Crippen molar-refractivity contribution in [2.24, 2.45) is 11.1 Å². The molecule has 1 fully saturated rings. The van der Waals surface area contributed by atoms with Gasteiger partial charge in [0.05, 0.1) is 12.2 Å². The summed E-state index contributed by atoms with van der Waals surface area (Å²) in [5.74, 6) is 1.19. The summed E-state index contributed by atoms with van der Waals surface area (Å²) in [5, 5.41) is 0. The van der Waals surface area contributed by atoms with Crippen LogP contribution in [-0.4, -0.2) is 49.3 Å². The molecule has 5 heteroatoms. The second kappa shape index (κ2) is 5.99. The molecule has 0 aromatic heterocycles. The predicted molar refractivity (Wildman–Crippen MR) is 87.7 cm³/mol. The van der Waals surface area contributed by atoms with Crippen LogP contribution in [0.5, 0.6) is 0 Å². The summed E-state index contributed by atoms with van der Waals surface area (Å²) < 4.78 is 0. The number of amides is 1. The summed E-state index contributed by atoms with van der Waals surface area (Å²) in [7, 11) is 0. The Labute approximate surface area is 130 Å². The molecule has 3 rings (SSSR count). The normalized spacial score (nSPS) is 25.9. The first kappa shape index (κ1) is 14.9. The largest absolute Gasteiger partial charge is 0.330 e. The van der Waals surface area contributed by atoms with Gasteiger partial charge in [0.25, 0.3) is 0 Å². The van der Waals surface area contributed by atoms with E-state index in [9.17, 15) is 4.79 Å². The van der Waals surface area contributed by atoms with Crippen LogP contribution >= 0.6 is 11.8 Å². The number of nitrogens with two attached hydrogens (primary N) is 1. The van der Waals surface area contributed by atoms with E-state index in [0.717, 1.165) is 37.5 Å². The fourth-order valence-electron chi connectivity index (χ4n) is 3.13. The number of nitrogens with zero attached hydrogens (tertiary/aromatic N) is 2. The van der Waals surface area contributed by atoms with Gasteiger partial charge in [-0.3, -0.25) is 9.69 Å². The molecular formula is C16H23N3OS. The molecule has 1 aromatic carbocycles. The fourth-order valence-corrected chi connectivity index (χ4v) is 4.13. The number of thioether (sulfide) groups is 1. The minimum atomic E-state index is 0.177. The van der Waals surface area contributed by atoms with Gasteiger partial charge in [-0.15, -0.1) is 11.8 Å². The summed E-state index contributed by atoms with van der Waals surface area (Å²) >= 11 is 1.83. The van der Waals surface area contributed by atoms with Gasteiger partial charge in [-0.2, -0.15) is 0 Å². The van der Waals surface area contributed by atoms with Gasteiger partial charge < -0.3 is 10.6 Å². The number of para-hydroxylation sites is 1. The zero-order valence-electron chi connectivity index (χ0n) is 12.5. The number of rotatable bonds is 3. The molecule has 2 heterocycles. The maximum Gasteiger partial charge on any atom is 0.241 e. The van der Waals surface area contributed by atoms with E-state index >= 15 is 0 Å². The number of hydrogen-bond donors (Lipinski definition) is 1. The van der Waals surface area contributed by atoms with Crippen LogP contribution in [0.1, 0.15) is 13.3 Å². The van der Waals surface area contributed by atoms with Crippen molar-refractivity contribution < 1.29 is 4.79 Å². The van der Waals surface area contributed by atoms with Crippen LogP contribution in [0.25, 0.3) is 0 Å². The number of likely N-dealkylation sites (tertiary alicyclic amines) is 1. The second-order valence-electron chi connectivity index (χ2n) is 6.34. The average molecular weight is 305 g/mol. The van der Waals surface area contributed by atoms with Gasteiger partial charge in [0, 0.05) is 23.7 Å². The van der Waals surface area contributed by atoms with E-state index in [1.807, 2.05) is 34.9 Å². The molecule has 1 saturated heterocycles. The molecule has 1 unspecified atom stereocenters. The van der Waals surface area contributed by atoms with E-state index in [1.165, 1.54) is 4.90 Å². The van der Waals surface area contributed by atoms with E-state index < -0.39 is 0 Å². The lowest BCUT2D eigenvalue weighted by Crippen LogP contribution is -2.43. The first-order valence-corrected chi connectivity index (χ1v) is 8.54. The van der Waals surface area contributed by atoms with Gasteiger partial charge in [0.15, 0.2) is 0 Å². The molecule has 1 amide bonds. The highest BCUT2D eigenvalue weighted by Gasteiger charge is 2.34. The molecule has 2 aliphatic heterocycles. The molecule has 4 nitrogen and oxygen atoms in total. The number of carbonyl (C=O) groups is 1. The van der Waals surface area contributed by atoms with Crippen LogP contribution < -0.4 is 10.6 Å². The number of hydrogen-bond acceptors (Lipinski definition) is 4. The summed E-state index contributed by atoms with van der Waals surface area (Å²) in [6.45, 7) is 6.13. The van der Waals surface area contributed by atoms with Crippen LogP contribution in [0.3, 0.4) is 0 Å². The number of benzene rings is 1. The maximum atomic E-state index is 12.7. The van der Waals surface area contributed by atoms with Gasteiger partial charge in [0.2, 0.25) is 5.91 Å². The first-order valence-electron chi connectivity index (χ1n) is 7.56. The minimum Gasteiger partial charge on any atom is -0.330 e. The highest BCUT2D eigenvalue weighted by atomic mass is 32.2. The Morgan fingerprint density at radius 3 is 2.95 bits per heavy atom. The first-order chi connectivity index (χ1) is 10.1. The molecule has 1 atom stereocenters. The minimum absolute atomic E-state index is 0.177. The highest BCUT2D eigenvalue weighted by molar-refractivity contribution is 7.99. The van der Waals surface area contributed by atoms with Crippen molar-refractivity contribution in [2.45, 2.75) is 18.2 Å². The number of anilines is 1. The molecule has 21 heavy (non-hydrogen) atoms. The summed E-state index contributed by atoms with van der Waals surface area (Å²) in [6, 6.07) is 8.19. The lowest BCUT2D eigenvalue weighted by atomic mass is 9.90. The smallest absolute Gasteiger partial charge is 0.241 e. The van der Waals surface area contributed by atoms with E-state index in [0.29, 0.717) is 13.1 Å². The van der Waals surface area contributed by atoms with Crippen LogP contribution in [0.2, 0.25) is 0 Å². The Bertz CT molecular complexity index is 536. The average Bonchev–Trinajstić information content (AvgIpc) is 2.88. The second-order valence-corrected chi connectivity index (χ2v) is 7.47. The van der Waals surface area contributed by atoms with Gasteiger partial charge in [-0.05, 0) is 37.1 Å². The number of fused-ring (bicyclic) bond motifs is 1. The van der Waals surface area contributed by atoms with Gasteiger partial charge >= 0.3 is 0 Å². The topological polar surface area (TPSA) is 49.6 Å². The Morgan fingerprint density at radius 2 is 2.19 bits per heavy atom. The van der Waals surface area contributed by atoms with E-state index in [-0.39, 0.29) is 11.3 Å². The van der Waals surface area contributed by atoms with Crippen molar-refractivity contribution in [3.05, 3.63) is 24.3 Å². The zero-order valence-corrected chi connectivity index (χ0v) is 13.4. The van der Waals surface area contributed by atoms with Crippen molar-refractivity contribution >= 4 is 23.4 Å². The molecule has 0 spiro atoms. The van der Waals surface area contributed by atoms with Gasteiger partial charge in [0.1, 0.15) is 0 Å². The number of carbonyl (C=O) groups excluding carboxylic acids is 1. The quantitative estimate of drug-likeness (QED) is 0.925. The van der Waals surface area contributed by atoms with Crippen molar-refractivity contribution in [2.75, 3.05) is 43.4 Å². The van der Waals surface area contributed by atoms with Crippen molar-refractivity contribution in [3.63, 3.8) is 0 Å². The molecule has 0 saturated carbocycles. The third-order valence-electron chi connectivity index (χ3n) is 4.52. The highest BCUT2D eigenvalue weighted by Crippen LogP contribution is 2.35. The van der Waals surface area contributed by atoms with Crippen LogP contribution in [-0.2, 0) is 4.79 Å². The Hall–Kier alpha value is -1.04. The van der Waals surface area contributed by atoms with Crippen molar-refractivity contribution in [3.8, 4) is 0 Å². The lowest BCUT2D eigenvalue weighted by Gasteiger charge is -2.30. The molecule has 0 aliphatic carbocycles. The Morgan fingerprint density at radius 1 is 1.38 bits per heavy atom. The molecule has 2 N–H and O–H groups in total. The molecule has 2 aliphatic rings. The lowest BCUT2D eigenvalue weighted by molar-refractivity contribution is -0.119. The Kier molecular flexibility index (Phi) is 4.24. The standard InChI is InChI=1S/C16H23N3OS/c1-16(11-17)6-7-18(12-16)10-15(20)19-8-9-21-14-5-3-2-4-13(14)19/h2-5H,6-12,17H2,1H3. The van der Waals surface area contributed by atoms with Gasteiger partial charge in [-0.25, -0.2) is 0 Å². The fraction of sp³-hybridized carbons (Fsp3) is 0.562. The van der Waals surface area contributed by atoms with Gasteiger partial charge in [-0.1, -0.05) is 19.1 Å². The molecule has 0 bridgehead atoms. The van der Waals surface area contributed by atoms with E-state index in [1.54, 1.807) is 0 Å². The van der Waals surface area contributed by atoms with Crippen LogP contribution in [0, 0.1) is 5.41 Å². The maximum absolute atomic E-state index is 12.7. The molecule has 0 radical (unpaired) electrons. The molecule has 1 aromatic rings. The summed E-state index contributed by atoms with van der Waals surface area (Å²) in [6.07, 6.45) is 1.09. The molecular weight excluding hydrogens is 282 g/mol. The SMILES string of the molecule is CC1(CN)CCN(CC(=O)N2CCSc3ccccc32)C1. The van der Waals surface area contributed by atoms with Crippen molar-refractivity contribution in [1.29, 1.82) is 0 Å². The summed E-state index contributed by atoms with van der Waals surface area (Å²) in [5.41, 5.74) is 7.09. The summed E-state index contributed by atoms with van der Waals surface area (Å²) in [4.78, 5) is 18.1. The monoisotopic (exact) mass is 305 g/mol. The Balaban J connectivity index is 1.67. The third-order valence-corrected chi connectivity index (χ3v) is 5.56. The van der Waals surface area contributed by atoms with Crippen molar-refractivity contribution in [1.82, 2.24) is 4.90 Å². The van der Waals surface area contributed by atoms with Crippen LogP contribution in [0.15, 0.2) is 29.2 Å². The predicted octanol–water partition coefficient (Wildman–Crippen LogP) is 1.80. The zero-order chi connectivity index (χ0) is 14.9. The van der Waals surface area contributed by atoms with E-state index in [4.69, 9.17) is 5.73 Å². The molecule has 114 valence electrons. The van der Waals surface area contributed by atoms with E-state index in [2.05, 4.69) is 17.9 Å².